The fourth-order valence-electron chi connectivity index (χ4n) is 2.74. The quantitative estimate of drug-likeness (QED) is 0.538. The van der Waals surface area contributed by atoms with Crippen LogP contribution in [0, 0.1) is 12.7 Å². The second kappa shape index (κ2) is 6.29. The number of aromatic nitrogens is 4. The van der Waals surface area contributed by atoms with Gasteiger partial charge >= 0.3 is 0 Å². The van der Waals surface area contributed by atoms with Crippen LogP contribution in [0.2, 0.25) is 0 Å². The Balaban J connectivity index is 1.77. The maximum Gasteiger partial charge on any atom is 0.266 e. The zero-order valence-electron chi connectivity index (χ0n) is 13.7. The van der Waals surface area contributed by atoms with Gasteiger partial charge in [-0.15, -0.1) is 0 Å². The highest BCUT2D eigenvalue weighted by Gasteiger charge is 2.15. The van der Waals surface area contributed by atoms with E-state index in [-0.39, 0.29) is 0 Å². The third-order valence-electron chi connectivity index (χ3n) is 4.21. The Morgan fingerprint density at radius 1 is 1.15 bits per heavy atom. The van der Waals surface area contributed by atoms with Crippen LogP contribution in [0.15, 0.2) is 47.4 Å². The van der Waals surface area contributed by atoms with E-state index < -0.39 is 17.8 Å². The van der Waals surface area contributed by atoms with Crippen LogP contribution < -0.4 is 0 Å². The molecular formula is C18H13F3N4O. The van der Waals surface area contributed by atoms with E-state index in [4.69, 9.17) is 4.52 Å². The molecule has 0 radical (unpaired) electrons. The van der Waals surface area contributed by atoms with Crippen LogP contribution in [0.3, 0.4) is 0 Å². The standard InChI is InChI=1S/C18H13F3N4O/c1-10-9-26-24-16(10)8-25-17-5-12(6-22-15(17)7-23-25)11-2-3-14(19)13(4-11)18(20)21/h2-7,9,18H,8H2,1H3. The maximum atomic E-state index is 13.5. The van der Waals surface area contributed by atoms with Crippen molar-refractivity contribution in [1.82, 2.24) is 19.9 Å². The molecule has 0 aliphatic heterocycles. The molecule has 26 heavy (non-hydrogen) atoms. The van der Waals surface area contributed by atoms with E-state index in [1.54, 1.807) is 29.4 Å². The molecule has 4 rings (SSSR count). The van der Waals surface area contributed by atoms with E-state index in [0.29, 0.717) is 28.7 Å². The Morgan fingerprint density at radius 3 is 2.73 bits per heavy atom. The molecule has 0 aliphatic carbocycles. The first-order valence-corrected chi connectivity index (χ1v) is 7.82. The maximum absolute atomic E-state index is 13.5. The summed E-state index contributed by atoms with van der Waals surface area (Å²) in [5.41, 5.74) is 3.44. The summed E-state index contributed by atoms with van der Waals surface area (Å²) in [5.74, 6) is -0.927. The molecule has 0 atom stereocenters. The summed E-state index contributed by atoms with van der Waals surface area (Å²) < 4.78 is 46.1. The Labute approximate surface area is 146 Å². The van der Waals surface area contributed by atoms with Gasteiger partial charge in [0.2, 0.25) is 0 Å². The molecule has 3 heterocycles. The van der Waals surface area contributed by atoms with E-state index in [2.05, 4.69) is 15.2 Å². The van der Waals surface area contributed by atoms with Crippen molar-refractivity contribution in [3.8, 4) is 11.1 Å². The summed E-state index contributed by atoms with van der Waals surface area (Å²) in [6.45, 7) is 2.27. The smallest absolute Gasteiger partial charge is 0.266 e. The van der Waals surface area contributed by atoms with Gasteiger partial charge in [0, 0.05) is 17.3 Å². The number of hydrogen-bond donors (Lipinski definition) is 0. The first-order chi connectivity index (χ1) is 12.5. The Morgan fingerprint density at radius 2 is 2.00 bits per heavy atom. The number of halogens is 3. The average molecular weight is 358 g/mol. The minimum atomic E-state index is -2.88. The van der Waals surface area contributed by atoms with Crippen molar-refractivity contribution in [1.29, 1.82) is 0 Å². The number of aryl methyl sites for hydroxylation is 1. The van der Waals surface area contributed by atoms with Crippen molar-refractivity contribution >= 4 is 11.0 Å². The second-order valence-electron chi connectivity index (χ2n) is 5.91. The largest absolute Gasteiger partial charge is 0.364 e. The molecule has 0 aliphatic rings. The number of benzene rings is 1. The summed E-state index contributed by atoms with van der Waals surface area (Å²) in [6, 6.07) is 5.42. The van der Waals surface area contributed by atoms with Crippen LogP contribution in [0.4, 0.5) is 13.2 Å². The Hall–Kier alpha value is -3.16. The predicted molar refractivity (Wildman–Crippen MR) is 88.2 cm³/mol. The molecule has 0 N–H and O–H groups in total. The van der Waals surface area contributed by atoms with Crippen molar-refractivity contribution in [2.75, 3.05) is 0 Å². The molecule has 0 amide bonds. The molecule has 3 aromatic heterocycles. The molecule has 0 saturated carbocycles. The van der Waals surface area contributed by atoms with E-state index in [1.807, 2.05) is 6.92 Å². The first-order valence-electron chi connectivity index (χ1n) is 7.82. The van der Waals surface area contributed by atoms with Gasteiger partial charge < -0.3 is 4.52 Å². The third-order valence-corrected chi connectivity index (χ3v) is 4.21. The molecular weight excluding hydrogens is 345 g/mol. The number of rotatable bonds is 4. The summed E-state index contributed by atoms with van der Waals surface area (Å²) >= 11 is 0. The van der Waals surface area contributed by atoms with Crippen molar-refractivity contribution in [3.63, 3.8) is 0 Å². The van der Waals surface area contributed by atoms with Crippen LogP contribution >= 0.6 is 0 Å². The number of hydrogen-bond acceptors (Lipinski definition) is 4. The molecule has 5 nitrogen and oxygen atoms in total. The highest BCUT2D eigenvalue weighted by atomic mass is 19.3. The normalized spacial score (nSPS) is 11.6. The summed E-state index contributed by atoms with van der Waals surface area (Å²) in [6.07, 6.45) is 1.84. The van der Waals surface area contributed by atoms with Gasteiger partial charge in [-0.1, -0.05) is 11.2 Å². The Bertz CT molecular complexity index is 1090. The van der Waals surface area contributed by atoms with Crippen LogP contribution in [0.1, 0.15) is 23.2 Å². The van der Waals surface area contributed by atoms with Crippen LogP contribution in [0.5, 0.6) is 0 Å². The van der Waals surface area contributed by atoms with Gasteiger partial charge in [-0.25, -0.2) is 13.2 Å². The predicted octanol–water partition coefficient (Wildman–Crippen LogP) is 4.52. The van der Waals surface area contributed by atoms with Gasteiger partial charge in [-0.05, 0) is 30.7 Å². The third kappa shape index (κ3) is 2.83. The van der Waals surface area contributed by atoms with Crippen LogP contribution in [-0.2, 0) is 6.54 Å². The Kier molecular flexibility index (Phi) is 3.95. The highest BCUT2D eigenvalue weighted by Crippen LogP contribution is 2.29. The summed E-state index contributed by atoms with van der Waals surface area (Å²) in [5, 5.41) is 8.24. The fraction of sp³-hybridized carbons (Fsp3) is 0.167. The zero-order valence-corrected chi connectivity index (χ0v) is 13.7. The van der Waals surface area contributed by atoms with Gasteiger partial charge in [0.15, 0.2) is 0 Å². The molecule has 0 saturated heterocycles. The molecule has 8 heteroatoms. The van der Waals surface area contributed by atoms with Crippen molar-refractivity contribution < 1.29 is 17.7 Å². The topological polar surface area (TPSA) is 56.7 Å². The lowest BCUT2D eigenvalue weighted by Crippen LogP contribution is -2.03. The van der Waals surface area contributed by atoms with E-state index in [9.17, 15) is 13.2 Å². The minimum absolute atomic E-state index is 0.392. The lowest BCUT2D eigenvalue weighted by Gasteiger charge is -2.07. The van der Waals surface area contributed by atoms with Gasteiger partial charge in [0.05, 0.1) is 23.8 Å². The molecule has 0 unspecified atom stereocenters. The SMILES string of the molecule is Cc1conc1Cn1ncc2ncc(-c3ccc(F)c(C(F)F)c3)cc21. The lowest BCUT2D eigenvalue weighted by molar-refractivity contribution is 0.146. The summed E-state index contributed by atoms with van der Waals surface area (Å²) in [7, 11) is 0. The van der Waals surface area contributed by atoms with Crippen molar-refractivity contribution in [2.24, 2.45) is 0 Å². The zero-order chi connectivity index (χ0) is 18.3. The monoisotopic (exact) mass is 358 g/mol. The lowest BCUT2D eigenvalue weighted by atomic mass is 10.0. The number of alkyl halides is 2. The number of nitrogens with zero attached hydrogens (tertiary/aromatic N) is 4. The molecule has 4 aromatic rings. The van der Waals surface area contributed by atoms with Crippen LogP contribution in [0.25, 0.3) is 22.2 Å². The number of fused-ring (bicyclic) bond motifs is 1. The molecule has 1 aromatic carbocycles. The molecule has 0 spiro atoms. The highest BCUT2D eigenvalue weighted by molar-refractivity contribution is 5.80. The van der Waals surface area contributed by atoms with Gasteiger partial charge in [0.25, 0.3) is 6.43 Å². The van der Waals surface area contributed by atoms with Crippen molar-refractivity contribution in [2.45, 2.75) is 19.9 Å². The van der Waals surface area contributed by atoms with E-state index >= 15 is 0 Å². The van der Waals surface area contributed by atoms with E-state index in [0.717, 1.165) is 23.4 Å². The molecule has 132 valence electrons. The van der Waals surface area contributed by atoms with Crippen molar-refractivity contribution in [3.05, 3.63) is 65.6 Å². The first kappa shape index (κ1) is 16.3. The summed E-state index contributed by atoms with van der Waals surface area (Å²) in [4.78, 5) is 4.32. The van der Waals surface area contributed by atoms with Gasteiger partial charge in [0.1, 0.15) is 23.3 Å². The number of pyridine rings is 1. The minimum Gasteiger partial charge on any atom is -0.364 e. The molecule has 0 fully saturated rings. The van der Waals surface area contributed by atoms with Gasteiger partial charge in [-0.3, -0.25) is 9.67 Å². The van der Waals surface area contributed by atoms with Gasteiger partial charge in [-0.2, -0.15) is 5.10 Å². The molecule has 0 bridgehead atoms. The van der Waals surface area contributed by atoms with E-state index in [1.165, 1.54) is 6.07 Å². The fourth-order valence-corrected chi connectivity index (χ4v) is 2.74. The average Bonchev–Trinajstić information content (AvgIpc) is 3.22. The second-order valence-corrected chi connectivity index (χ2v) is 5.91. The van der Waals surface area contributed by atoms with Crippen LogP contribution in [-0.4, -0.2) is 19.9 Å².